The van der Waals surface area contributed by atoms with E-state index in [2.05, 4.69) is 16.0 Å². The van der Waals surface area contributed by atoms with Gasteiger partial charge >= 0.3 is 6.03 Å². The van der Waals surface area contributed by atoms with E-state index in [1.807, 2.05) is 0 Å². The molecule has 5 heteroatoms. The van der Waals surface area contributed by atoms with Crippen molar-refractivity contribution in [2.24, 2.45) is 0 Å². The van der Waals surface area contributed by atoms with Gasteiger partial charge in [0.25, 0.3) is 0 Å². The molecular formula is C7H13N3O2. The summed E-state index contributed by atoms with van der Waals surface area (Å²) < 4.78 is 0. The SMILES string of the molecule is CNC(=O)NC(=O)C1CCCN1. The van der Waals surface area contributed by atoms with E-state index in [9.17, 15) is 9.59 Å². The topological polar surface area (TPSA) is 70.2 Å². The van der Waals surface area contributed by atoms with Crippen LogP contribution in [-0.2, 0) is 4.79 Å². The molecule has 0 saturated carbocycles. The average Bonchev–Trinajstić information content (AvgIpc) is 2.56. The summed E-state index contributed by atoms with van der Waals surface area (Å²) in [6, 6.07) is -0.643. The van der Waals surface area contributed by atoms with E-state index in [1.165, 1.54) is 7.05 Å². The average molecular weight is 171 g/mol. The van der Waals surface area contributed by atoms with Crippen LogP contribution in [0.1, 0.15) is 12.8 Å². The Labute approximate surface area is 70.9 Å². The summed E-state index contributed by atoms with van der Waals surface area (Å²) in [4.78, 5) is 21.9. The molecule has 5 nitrogen and oxygen atoms in total. The van der Waals surface area contributed by atoms with Crippen LogP contribution in [0, 0.1) is 0 Å². The molecular weight excluding hydrogens is 158 g/mol. The third-order valence-electron chi connectivity index (χ3n) is 1.84. The molecule has 0 radical (unpaired) electrons. The molecule has 1 saturated heterocycles. The second-order valence-corrected chi connectivity index (χ2v) is 2.72. The van der Waals surface area contributed by atoms with Gasteiger partial charge in [0.05, 0.1) is 6.04 Å². The Kier molecular flexibility index (Phi) is 3.04. The molecule has 1 aliphatic heterocycles. The van der Waals surface area contributed by atoms with Crippen molar-refractivity contribution in [3.05, 3.63) is 0 Å². The lowest BCUT2D eigenvalue weighted by atomic mass is 10.2. The molecule has 3 N–H and O–H groups in total. The standard InChI is InChI=1S/C7H13N3O2/c1-8-7(12)10-6(11)5-3-2-4-9-5/h5,9H,2-4H2,1H3,(H2,8,10,11,12). The molecule has 0 aliphatic carbocycles. The first-order valence-electron chi connectivity index (χ1n) is 4.00. The van der Waals surface area contributed by atoms with Gasteiger partial charge in [0.15, 0.2) is 0 Å². The van der Waals surface area contributed by atoms with Crippen molar-refractivity contribution in [1.82, 2.24) is 16.0 Å². The molecule has 1 heterocycles. The van der Waals surface area contributed by atoms with Crippen molar-refractivity contribution in [3.63, 3.8) is 0 Å². The summed E-state index contributed by atoms with van der Waals surface area (Å²) in [5, 5.41) is 7.53. The van der Waals surface area contributed by atoms with Gasteiger partial charge in [0, 0.05) is 7.05 Å². The van der Waals surface area contributed by atoms with Gasteiger partial charge in [0.2, 0.25) is 5.91 Å². The van der Waals surface area contributed by atoms with E-state index in [-0.39, 0.29) is 11.9 Å². The van der Waals surface area contributed by atoms with Gasteiger partial charge in [-0.05, 0) is 19.4 Å². The highest BCUT2D eigenvalue weighted by Crippen LogP contribution is 2.03. The normalized spacial score (nSPS) is 21.9. The lowest BCUT2D eigenvalue weighted by molar-refractivity contribution is -0.121. The summed E-state index contributed by atoms with van der Waals surface area (Å²) in [7, 11) is 1.48. The monoisotopic (exact) mass is 171 g/mol. The number of amides is 3. The molecule has 3 amide bonds. The highest BCUT2D eigenvalue weighted by Gasteiger charge is 2.22. The first-order chi connectivity index (χ1) is 5.74. The van der Waals surface area contributed by atoms with Gasteiger partial charge in [-0.3, -0.25) is 10.1 Å². The molecule has 1 aliphatic rings. The Hall–Kier alpha value is -1.10. The predicted molar refractivity (Wildman–Crippen MR) is 43.6 cm³/mol. The van der Waals surface area contributed by atoms with Crippen molar-refractivity contribution in [2.75, 3.05) is 13.6 Å². The van der Waals surface area contributed by atoms with Gasteiger partial charge in [-0.1, -0.05) is 0 Å². The fraction of sp³-hybridized carbons (Fsp3) is 0.714. The predicted octanol–water partition coefficient (Wildman–Crippen LogP) is -0.806. The summed E-state index contributed by atoms with van der Waals surface area (Å²) in [5.74, 6) is -0.244. The Balaban J connectivity index is 2.32. The van der Waals surface area contributed by atoms with Crippen LogP contribution < -0.4 is 16.0 Å². The van der Waals surface area contributed by atoms with E-state index in [1.54, 1.807) is 0 Å². The van der Waals surface area contributed by atoms with Gasteiger partial charge in [0.1, 0.15) is 0 Å². The van der Waals surface area contributed by atoms with Crippen molar-refractivity contribution in [1.29, 1.82) is 0 Å². The van der Waals surface area contributed by atoms with E-state index in [0.717, 1.165) is 19.4 Å². The molecule has 0 aromatic rings. The summed E-state index contributed by atoms with van der Waals surface area (Å²) in [6.07, 6.45) is 1.80. The van der Waals surface area contributed by atoms with Crippen LogP contribution in [0.15, 0.2) is 0 Å². The Bertz CT molecular complexity index is 187. The molecule has 12 heavy (non-hydrogen) atoms. The van der Waals surface area contributed by atoms with E-state index < -0.39 is 6.03 Å². The number of nitrogens with one attached hydrogen (secondary N) is 3. The highest BCUT2D eigenvalue weighted by atomic mass is 16.2. The first-order valence-corrected chi connectivity index (χ1v) is 4.00. The van der Waals surface area contributed by atoms with Crippen molar-refractivity contribution in [2.45, 2.75) is 18.9 Å². The van der Waals surface area contributed by atoms with Crippen molar-refractivity contribution >= 4 is 11.9 Å². The van der Waals surface area contributed by atoms with E-state index >= 15 is 0 Å². The maximum atomic E-state index is 11.2. The summed E-state index contributed by atoms with van der Waals surface area (Å²) in [5.41, 5.74) is 0. The lowest BCUT2D eigenvalue weighted by Gasteiger charge is -2.08. The zero-order valence-corrected chi connectivity index (χ0v) is 7.02. The van der Waals surface area contributed by atoms with Gasteiger partial charge in [-0.25, -0.2) is 4.79 Å². The molecule has 1 unspecified atom stereocenters. The van der Waals surface area contributed by atoms with Crippen molar-refractivity contribution < 1.29 is 9.59 Å². The van der Waals surface area contributed by atoms with Gasteiger partial charge in [-0.2, -0.15) is 0 Å². The minimum absolute atomic E-state index is 0.192. The van der Waals surface area contributed by atoms with Gasteiger partial charge in [-0.15, -0.1) is 0 Å². The van der Waals surface area contributed by atoms with Gasteiger partial charge < -0.3 is 10.6 Å². The summed E-state index contributed by atoms with van der Waals surface area (Å²) in [6.45, 7) is 0.853. The zero-order chi connectivity index (χ0) is 8.97. The smallest absolute Gasteiger partial charge is 0.321 e. The quantitative estimate of drug-likeness (QED) is 0.483. The molecule has 0 aromatic heterocycles. The van der Waals surface area contributed by atoms with E-state index in [0.29, 0.717) is 0 Å². The van der Waals surface area contributed by atoms with Crippen LogP contribution in [0.25, 0.3) is 0 Å². The molecule has 0 bridgehead atoms. The Morgan fingerprint density at radius 3 is 2.75 bits per heavy atom. The molecule has 68 valence electrons. The van der Waals surface area contributed by atoms with Crippen LogP contribution >= 0.6 is 0 Å². The van der Waals surface area contributed by atoms with Crippen molar-refractivity contribution in [3.8, 4) is 0 Å². The fourth-order valence-electron chi connectivity index (χ4n) is 1.17. The number of carbonyl (C=O) groups excluding carboxylic acids is 2. The Morgan fingerprint density at radius 1 is 1.50 bits per heavy atom. The van der Waals surface area contributed by atoms with Crippen LogP contribution in [0.4, 0.5) is 4.79 Å². The van der Waals surface area contributed by atoms with Crippen LogP contribution in [-0.4, -0.2) is 31.6 Å². The highest BCUT2D eigenvalue weighted by molar-refractivity contribution is 5.96. The number of rotatable bonds is 1. The fourth-order valence-corrected chi connectivity index (χ4v) is 1.17. The van der Waals surface area contributed by atoms with Crippen LogP contribution in [0.2, 0.25) is 0 Å². The van der Waals surface area contributed by atoms with Crippen LogP contribution in [0.5, 0.6) is 0 Å². The molecule has 1 rings (SSSR count). The third-order valence-corrected chi connectivity index (χ3v) is 1.84. The second kappa shape index (κ2) is 4.06. The first kappa shape index (κ1) is 8.99. The molecule has 0 aromatic carbocycles. The number of hydrogen-bond donors (Lipinski definition) is 3. The molecule has 1 fully saturated rings. The maximum Gasteiger partial charge on any atom is 0.321 e. The molecule has 1 atom stereocenters. The van der Waals surface area contributed by atoms with Crippen LogP contribution in [0.3, 0.4) is 0 Å². The third kappa shape index (κ3) is 2.20. The molecule has 0 spiro atoms. The lowest BCUT2D eigenvalue weighted by Crippen LogP contribution is -2.46. The zero-order valence-electron chi connectivity index (χ0n) is 7.02. The number of urea groups is 1. The maximum absolute atomic E-state index is 11.2. The number of carbonyl (C=O) groups is 2. The minimum Gasteiger partial charge on any atom is -0.341 e. The minimum atomic E-state index is -0.450. The largest absolute Gasteiger partial charge is 0.341 e. The Morgan fingerprint density at radius 2 is 2.25 bits per heavy atom. The number of imide groups is 1. The number of hydrogen-bond acceptors (Lipinski definition) is 3. The van der Waals surface area contributed by atoms with E-state index in [4.69, 9.17) is 0 Å². The summed E-state index contributed by atoms with van der Waals surface area (Å²) >= 11 is 0. The second-order valence-electron chi connectivity index (χ2n) is 2.72.